The molecule has 1 unspecified atom stereocenters. The van der Waals surface area contributed by atoms with Gasteiger partial charge < -0.3 is 5.32 Å². The van der Waals surface area contributed by atoms with E-state index < -0.39 is 0 Å². The van der Waals surface area contributed by atoms with E-state index in [1.165, 1.54) is 21.2 Å². The fourth-order valence-corrected chi connectivity index (χ4v) is 3.50. The molecule has 2 aromatic carbocycles. The zero-order chi connectivity index (χ0) is 13.8. The molecule has 0 aliphatic rings. The highest BCUT2D eigenvalue weighted by atomic mass is 32.1. The van der Waals surface area contributed by atoms with Crippen LogP contribution >= 0.6 is 11.3 Å². The van der Waals surface area contributed by atoms with Gasteiger partial charge in [-0.3, -0.25) is 0 Å². The Morgan fingerprint density at radius 1 is 1.00 bits per heavy atom. The molecule has 1 N–H and O–H groups in total. The van der Waals surface area contributed by atoms with Crippen molar-refractivity contribution < 1.29 is 0 Å². The molecular formula is C18H19NS. The number of rotatable bonds is 5. The molecule has 3 aromatic rings. The molecule has 0 radical (unpaired) electrons. The number of nitrogens with one attached hydrogen (secondary N) is 1. The molecule has 1 nitrogen and oxygen atoms in total. The molecule has 3 rings (SSSR count). The zero-order valence-electron chi connectivity index (χ0n) is 11.7. The third kappa shape index (κ3) is 2.77. The van der Waals surface area contributed by atoms with Gasteiger partial charge in [0.15, 0.2) is 0 Å². The van der Waals surface area contributed by atoms with E-state index in [1.54, 1.807) is 0 Å². The zero-order valence-corrected chi connectivity index (χ0v) is 12.5. The van der Waals surface area contributed by atoms with E-state index >= 15 is 0 Å². The first-order valence-corrected chi connectivity index (χ1v) is 8.00. The minimum atomic E-state index is 0.408. The van der Waals surface area contributed by atoms with Crippen molar-refractivity contribution in [2.45, 2.75) is 19.4 Å². The van der Waals surface area contributed by atoms with Crippen LogP contribution in [0.2, 0.25) is 0 Å². The summed E-state index contributed by atoms with van der Waals surface area (Å²) in [5, 5.41) is 8.46. The van der Waals surface area contributed by atoms with Gasteiger partial charge in [-0.05, 0) is 40.7 Å². The van der Waals surface area contributed by atoms with Crippen LogP contribution in [0.25, 0.3) is 10.8 Å². The molecular weight excluding hydrogens is 262 g/mol. The number of benzene rings is 2. The van der Waals surface area contributed by atoms with Crippen molar-refractivity contribution >= 4 is 22.1 Å². The van der Waals surface area contributed by atoms with Crippen molar-refractivity contribution in [3.8, 4) is 0 Å². The minimum absolute atomic E-state index is 0.408. The quantitative estimate of drug-likeness (QED) is 0.708. The van der Waals surface area contributed by atoms with E-state index in [0.29, 0.717) is 6.04 Å². The first-order valence-electron chi connectivity index (χ1n) is 7.12. The van der Waals surface area contributed by atoms with Gasteiger partial charge >= 0.3 is 0 Å². The van der Waals surface area contributed by atoms with Gasteiger partial charge in [-0.2, -0.15) is 0 Å². The number of hydrogen-bond acceptors (Lipinski definition) is 2. The van der Waals surface area contributed by atoms with Gasteiger partial charge in [-0.25, -0.2) is 0 Å². The van der Waals surface area contributed by atoms with E-state index in [4.69, 9.17) is 0 Å². The molecule has 0 spiro atoms. The van der Waals surface area contributed by atoms with Crippen molar-refractivity contribution in [1.82, 2.24) is 5.32 Å². The Morgan fingerprint density at radius 3 is 2.65 bits per heavy atom. The number of hydrogen-bond donors (Lipinski definition) is 1. The highest BCUT2D eigenvalue weighted by molar-refractivity contribution is 7.10. The molecule has 0 bridgehead atoms. The summed E-state index contributed by atoms with van der Waals surface area (Å²) in [7, 11) is 0. The maximum absolute atomic E-state index is 3.61. The SMILES string of the molecule is CCNC(Cc1cccc2ccccc12)c1cccs1. The van der Waals surface area contributed by atoms with Gasteiger partial charge in [-0.1, -0.05) is 55.5 Å². The molecule has 0 aliphatic heterocycles. The van der Waals surface area contributed by atoms with Crippen LogP contribution in [0.5, 0.6) is 0 Å². The van der Waals surface area contributed by atoms with E-state index in [9.17, 15) is 0 Å². The monoisotopic (exact) mass is 281 g/mol. The van der Waals surface area contributed by atoms with Gasteiger partial charge in [0.25, 0.3) is 0 Å². The Balaban J connectivity index is 1.94. The smallest absolute Gasteiger partial charge is 0.0455 e. The predicted molar refractivity (Wildman–Crippen MR) is 88.4 cm³/mol. The van der Waals surface area contributed by atoms with Crippen LogP contribution in [0.15, 0.2) is 60.0 Å². The van der Waals surface area contributed by atoms with Crippen LogP contribution in [-0.2, 0) is 6.42 Å². The molecule has 1 aromatic heterocycles. The minimum Gasteiger partial charge on any atom is -0.309 e. The van der Waals surface area contributed by atoms with Gasteiger partial charge in [0.1, 0.15) is 0 Å². The second-order valence-electron chi connectivity index (χ2n) is 4.97. The maximum Gasteiger partial charge on any atom is 0.0455 e. The average molecular weight is 281 g/mol. The second-order valence-corrected chi connectivity index (χ2v) is 5.95. The summed E-state index contributed by atoms with van der Waals surface area (Å²) in [5.74, 6) is 0. The molecule has 102 valence electrons. The topological polar surface area (TPSA) is 12.0 Å². The van der Waals surface area contributed by atoms with Crippen LogP contribution in [0.3, 0.4) is 0 Å². The fourth-order valence-electron chi connectivity index (χ4n) is 2.70. The molecule has 0 amide bonds. The van der Waals surface area contributed by atoms with E-state index in [-0.39, 0.29) is 0 Å². The summed E-state index contributed by atoms with van der Waals surface area (Å²) in [4.78, 5) is 1.42. The van der Waals surface area contributed by atoms with Gasteiger partial charge in [0.05, 0.1) is 0 Å². The van der Waals surface area contributed by atoms with Crippen molar-refractivity contribution in [2.24, 2.45) is 0 Å². The lowest BCUT2D eigenvalue weighted by atomic mass is 9.98. The van der Waals surface area contributed by atoms with Crippen LogP contribution in [0.1, 0.15) is 23.4 Å². The first kappa shape index (κ1) is 13.3. The molecule has 20 heavy (non-hydrogen) atoms. The lowest BCUT2D eigenvalue weighted by Gasteiger charge is -2.17. The number of fused-ring (bicyclic) bond motifs is 1. The summed E-state index contributed by atoms with van der Waals surface area (Å²) < 4.78 is 0. The Bertz CT molecular complexity index is 667. The van der Waals surface area contributed by atoms with Crippen LogP contribution in [0, 0.1) is 0 Å². The summed E-state index contributed by atoms with van der Waals surface area (Å²) in [6.07, 6.45) is 1.04. The lowest BCUT2D eigenvalue weighted by molar-refractivity contribution is 0.560. The molecule has 2 heteroatoms. The second kappa shape index (κ2) is 6.21. The Morgan fingerprint density at radius 2 is 1.85 bits per heavy atom. The molecule has 0 aliphatic carbocycles. The van der Waals surface area contributed by atoms with Crippen LogP contribution in [-0.4, -0.2) is 6.54 Å². The highest BCUT2D eigenvalue weighted by Crippen LogP contribution is 2.26. The molecule has 0 saturated carbocycles. The van der Waals surface area contributed by atoms with Gasteiger partial charge in [-0.15, -0.1) is 11.3 Å². The third-order valence-corrected chi connectivity index (χ3v) is 4.63. The summed E-state index contributed by atoms with van der Waals surface area (Å²) in [6, 6.07) is 20.0. The van der Waals surface area contributed by atoms with E-state index in [0.717, 1.165) is 13.0 Å². The fraction of sp³-hybridized carbons (Fsp3) is 0.222. The molecule has 1 heterocycles. The van der Waals surface area contributed by atoms with Crippen LogP contribution < -0.4 is 5.32 Å². The summed E-state index contributed by atoms with van der Waals surface area (Å²) in [6.45, 7) is 3.16. The highest BCUT2D eigenvalue weighted by Gasteiger charge is 2.13. The summed E-state index contributed by atoms with van der Waals surface area (Å²) in [5.41, 5.74) is 1.42. The normalized spacial score (nSPS) is 12.7. The third-order valence-electron chi connectivity index (χ3n) is 3.64. The van der Waals surface area contributed by atoms with E-state index in [2.05, 4.69) is 72.2 Å². The van der Waals surface area contributed by atoms with Gasteiger partial charge in [0.2, 0.25) is 0 Å². The number of thiophene rings is 1. The van der Waals surface area contributed by atoms with Crippen molar-refractivity contribution in [3.63, 3.8) is 0 Å². The lowest BCUT2D eigenvalue weighted by Crippen LogP contribution is -2.22. The molecule has 1 atom stereocenters. The maximum atomic E-state index is 3.61. The Kier molecular flexibility index (Phi) is 4.14. The molecule has 0 fully saturated rings. The number of likely N-dealkylation sites (N-methyl/N-ethyl adjacent to an activating group) is 1. The van der Waals surface area contributed by atoms with Crippen molar-refractivity contribution in [3.05, 3.63) is 70.4 Å². The Labute approximate surface area is 124 Å². The Hall–Kier alpha value is -1.64. The van der Waals surface area contributed by atoms with Gasteiger partial charge in [0, 0.05) is 10.9 Å². The molecule has 0 saturated heterocycles. The largest absolute Gasteiger partial charge is 0.309 e. The average Bonchev–Trinajstić information content (AvgIpc) is 3.01. The van der Waals surface area contributed by atoms with Crippen LogP contribution in [0.4, 0.5) is 0 Å². The van der Waals surface area contributed by atoms with Crippen molar-refractivity contribution in [2.75, 3.05) is 6.54 Å². The predicted octanol–water partition coefficient (Wildman–Crippen LogP) is 4.79. The standard InChI is InChI=1S/C18H19NS/c1-2-19-17(18-11-6-12-20-18)13-15-9-5-8-14-7-3-4-10-16(14)15/h3-12,17,19H,2,13H2,1H3. The van der Waals surface area contributed by atoms with E-state index in [1.807, 2.05) is 11.3 Å². The first-order chi connectivity index (χ1) is 9.88. The van der Waals surface area contributed by atoms with Crippen molar-refractivity contribution in [1.29, 1.82) is 0 Å². The summed E-state index contributed by atoms with van der Waals surface area (Å²) >= 11 is 1.83.